The molecule has 1 aliphatic rings. The maximum atomic E-state index is 11.7. The summed E-state index contributed by atoms with van der Waals surface area (Å²) in [5.74, 6) is -1.71. The second kappa shape index (κ2) is 3.57. The highest BCUT2D eigenvalue weighted by molar-refractivity contribution is 8.15. The number of hydrogen-bond acceptors (Lipinski definition) is 4. The molecule has 1 aromatic carbocycles. The third-order valence-electron chi connectivity index (χ3n) is 2.21. The minimum Gasteiger partial charge on any atom is -0.324 e. The number of anilines is 1. The summed E-state index contributed by atoms with van der Waals surface area (Å²) in [5, 5.41) is 0.466. The molecule has 1 N–H and O–H groups in total. The van der Waals surface area contributed by atoms with Crippen LogP contribution in [0.4, 0.5) is 5.69 Å². The number of halogens is 1. The van der Waals surface area contributed by atoms with Crippen LogP contribution in [-0.4, -0.2) is 25.4 Å². The summed E-state index contributed by atoms with van der Waals surface area (Å²) >= 11 is 0. The molecule has 0 saturated heterocycles. The summed E-state index contributed by atoms with van der Waals surface area (Å²) in [7, 11) is 0.802. The monoisotopic (exact) mass is 259 g/mol. The fourth-order valence-electron chi connectivity index (χ4n) is 1.52. The molecule has 1 aliphatic heterocycles. The highest BCUT2D eigenvalue weighted by Crippen LogP contribution is 2.26. The first-order chi connectivity index (χ1) is 7.41. The number of carbonyl (C=O) groups is 2. The number of amides is 1. The Morgan fingerprint density at radius 3 is 2.44 bits per heavy atom. The number of benzene rings is 1. The van der Waals surface area contributed by atoms with Crippen molar-refractivity contribution in [1.82, 2.24) is 0 Å². The third-order valence-corrected chi connectivity index (χ3v) is 3.73. The predicted octanol–water partition coefficient (Wildman–Crippen LogP) is 0.759. The number of carbonyl (C=O) groups excluding carboxylic acids is 2. The van der Waals surface area contributed by atoms with Crippen molar-refractivity contribution in [2.45, 2.75) is 5.25 Å². The van der Waals surface area contributed by atoms with Crippen LogP contribution in [0.25, 0.3) is 0 Å². The lowest BCUT2D eigenvalue weighted by molar-refractivity contribution is -0.115. The highest BCUT2D eigenvalue weighted by Gasteiger charge is 2.42. The Labute approximate surface area is 95.8 Å². The van der Waals surface area contributed by atoms with E-state index >= 15 is 0 Å². The molecule has 1 amide bonds. The van der Waals surface area contributed by atoms with Gasteiger partial charge < -0.3 is 5.32 Å². The summed E-state index contributed by atoms with van der Waals surface area (Å²) < 4.78 is 22.2. The second-order valence-electron chi connectivity index (χ2n) is 3.25. The first kappa shape index (κ1) is 11.1. The van der Waals surface area contributed by atoms with Gasteiger partial charge in [0, 0.05) is 16.2 Å². The van der Waals surface area contributed by atoms with Crippen LogP contribution >= 0.6 is 10.7 Å². The Morgan fingerprint density at radius 2 is 1.81 bits per heavy atom. The van der Waals surface area contributed by atoms with Crippen LogP contribution in [0.3, 0.4) is 0 Å². The molecule has 84 valence electrons. The largest absolute Gasteiger partial charge is 0.324 e. The Kier molecular flexibility index (Phi) is 2.47. The molecule has 0 radical (unpaired) electrons. The molecule has 0 fully saturated rings. The predicted molar refractivity (Wildman–Crippen MR) is 58.0 cm³/mol. The van der Waals surface area contributed by atoms with Gasteiger partial charge in [0.25, 0.3) is 15.0 Å². The molecule has 0 saturated carbocycles. The van der Waals surface area contributed by atoms with Crippen molar-refractivity contribution in [1.29, 1.82) is 0 Å². The van der Waals surface area contributed by atoms with E-state index in [2.05, 4.69) is 5.32 Å². The minimum atomic E-state index is -4.26. The maximum Gasteiger partial charge on any atom is 0.252 e. The van der Waals surface area contributed by atoms with Crippen LogP contribution < -0.4 is 5.32 Å². The van der Waals surface area contributed by atoms with E-state index in [9.17, 15) is 18.0 Å². The quantitative estimate of drug-likeness (QED) is 0.596. The van der Waals surface area contributed by atoms with E-state index < -0.39 is 26.0 Å². The SMILES string of the molecule is O=C1Nc2ccccc2C(=O)C1S(=O)(=O)Cl. The van der Waals surface area contributed by atoms with Crippen molar-refractivity contribution in [2.24, 2.45) is 0 Å². The summed E-state index contributed by atoms with van der Waals surface area (Å²) in [4.78, 5) is 23.2. The Hall–Kier alpha value is -1.40. The highest BCUT2D eigenvalue weighted by atomic mass is 35.7. The van der Waals surface area contributed by atoms with Crippen LogP contribution in [0.2, 0.25) is 0 Å². The molecule has 16 heavy (non-hydrogen) atoms. The van der Waals surface area contributed by atoms with Crippen LogP contribution in [0, 0.1) is 0 Å². The summed E-state index contributed by atoms with van der Waals surface area (Å²) in [6, 6.07) is 6.16. The van der Waals surface area contributed by atoms with E-state index in [1.54, 1.807) is 12.1 Å². The van der Waals surface area contributed by atoms with Crippen molar-refractivity contribution < 1.29 is 18.0 Å². The molecule has 1 unspecified atom stereocenters. The molecule has 0 bridgehead atoms. The van der Waals surface area contributed by atoms with Crippen LogP contribution in [-0.2, 0) is 13.8 Å². The Morgan fingerprint density at radius 1 is 1.19 bits per heavy atom. The smallest absolute Gasteiger partial charge is 0.252 e. The molecule has 0 aliphatic carbocycles. The lowest BCUT2D eigenvalue weighted by Gasteiger charge is -2.20. The maximum absolute atomic E-state index is 11.7. The molecule has 1 aromatic rings. The van der Waals surface area contributed by atoms with Gasteiger partial charge in [-0.1, -0.05) is 12.1 Å². The topological polar surface area (TPSA) is 80.3 Å². The van der Waals surface area contributed by atoms with Gasteiger partial charge in [-0.05, 0) is 12.1 Å². The first-order valence-corrected chi connectivity index (χ1v) is 6.66. The van der Waals surface area contributed by atoms with Crippen molar-refractivity contribution >= 4 is 37.1 Å². The number of ketones is 1. The molecule has 0 spiro atoms. The molecule has 0 aromatic heterocycles. The zero-order valence-corrected chi connectivity index (χ0v) is 9.38. The van der Waals surface area contributed by atoms with Gasteiger partial charge in [-0.2, -0.15) is 0 Å². The molecule has 5 nitrogen and oxygen atoms in total. The van der Waals surface area contributed by atoms with E-state index in [4.69, 9.17) is 10.7 Å². The van der Waals surface area contributed by atoms with Gasteiger partial charge in [0.1, 0.15) is 0 Å². The van der Waals surface area contributed by atoms with Gasteiger partial charge in [-0.25, -0.2) is 8.42 Å². The van der Waals surface area contributed by atoms with Crippen LogP contribution in [0.5, 0.6) is 0 Å². The van der Waals surface area contributed by atoms with E-state index in [0.717, 1.165) is 0 Å². The number of fused-ring (bicyclic) bond motifs is 1. The van der Waals surface area contributed by atoms with Crippen molar-refractivity contribution in [2.75, 3.05) is 5.32 Å². The fourth-order valence-corrected chi connectivity index (χ4v) is 2.70. The van der Waals surface area contributed by atoms with Gasteiger partial charge in [-0.15, -0.1) is 0 Å². The minimum absolute atomic E-state index is 0.149. The van der Waals surface area contributed by atoms with Crippen LogP contribution in [0.15, 0.2) is 24.3 Å². The standard InChI is InChI=1S/C9H6ClNO4S/c10-16(14,15)8-7(12)5-3-1-2-4-6(5)11-9(8)13/h1-4,8H,(H,11,13). The number of para-hydroxylation sites is 1. The molecule has 2 rings (SSSR count). The Balaban J connectivity index is 2.59. The van der Waals surface area contributed by atoms with Gasteiger partial charge in [0.15, 0.2) is 5.78 Å². The molecule has 7 heteroatoms. The number of nitrogens with one attached hydrogen (secondary N) is 1. The molecular formula is C9H6ClNO4S. The lowest BCUT2D eigenvalue weighted by Crippen LogP contribution is -2.43. The zero-order valence-electron chi connectivity index (χ0n) is 7.81. The second-order valence-corrected chi connectivity index (χ2v) is 5.97. The third kappa shape index (κ3) is 1.70. The van der Waals surface area contributed by atoms with Gasteiger partial charge >= 0.3 is 0 Å². The zero-order chi connectivity index (χ0) is 11.9. The van der Waals surface area contributed by atoms with E-state index in [0.29, 0.717) is 5.69 Å². The van der Waals surface area contributed by atoms with Gasteiger partial charge in [0.05, 0.1) is 5.69 Å². The lowest BCUT2D eigenvalue weighted by atomic mass is 10.0. The molecule has 1 heterocycles. The number of rotatable bonds is 1. The van der Waals surface area contributed by atoms with E-state index in [1.165, 1.54) is 12.1 Å². The fraction of sp³-hybridized carbons (Fsp3) is 0.111. The van der Waals surface area contributed by atoms with Crippen LogP contribution in [0.1, 0.15) is 10.4 Å². The average Bonchev–Trinajstić information content (AvgIpc) is 2.15. The van der Waals surface area contributed by atoms with Crippen molar-refractivity contribution in [3.63, 3.8) is 0 Å². The van der Waals surface area contributed by atoms with Gasteiger partial charge in [0.2, 0.25) is 5.25 Å². The van der Waals surface area contributed by atoms with Crippen molar-refractivity contribution in [3.8, 4) is 0 Å². The molecule has 1 atom stereocenters. The van der Waals surface area contributed by atoms with E-state index in [-0.39, 0.29) is 5.56 Å². The number of hydrogen-bond donors (Lipinski definition) is 1. The summed E-state index contributed by atoms with van der Waals surface area (Å²) in [6.07, 6.45) is 0. The normalized spacial score (nSPS) is 20.2. The van der Waals surface area contributed by atoms with Crippen molar-refractivity contribution in [3.05, 3.63) is 29.8 Å². The van der Waals surface area contributed by atoms with E-state index in [1.807, 2.05) is 0 Å². The average molecular weight is 260 g/mol. The molecular weight excluding hydrogens is 254 g/mol. The first-order valence-electron chi connectivity index (χ1n) is 4.29. The number of Topliss-reactive ketones (excluding diaryl/α,β-unsaturated/α-hetero) is 1. The van der Waals surface area contributed by atoms with Gasteiger partial charge in [-0.3, -0.25) is 9.59 Å². The Bertz CT molecular complexity index is 581. The summed E-state index contributed by atoms with van der Waals surface area (Å²) in [6.45, 7) is 0. The summed E-state index contributed by atoms with van der Waals surface area (Å²) in [5.41, 5.74) is 0.449.